The van der Waals surface area contributed by atoms with Crippen LogP contribution >= 0.6 is 23.5 Å². The van der Waals surface area contributed by atoms with Crippen LogP contribution in [-0.2, 0) is 86.8 Å². The second-order valence-electron chi connectivity index (χ2n) is 25.7. The van der Waals surface area contributed by atoms with Gasteiger partial charge in [0, 0.05) is 141 Å². The summed E-state index contributed by atoms with van der Waals surface area (Å²) >= 11 is 2.56. The summed E-state index contributed by atoms with van der Waals surface area (Å²) in [5.41, 5.74) is 8.51. The Balaban J connectivity index is 1.13. The number of nitrogens with one attached hydrogen (secondary N) is 5. The summed E-state index contributed by atoms with van der Waals surface area (Å²) in [6, 6.07) is 4.92. The van der Waals surface area contributed by atoms with Crippen LogP contribution in [-0.4, -0.2) is 319 Å². The lowest BCUT2D eigenvalue weighted by atomic mass is 10.0. The predicted molar refractivity (Wildman–Crippen MR) is 362 cm³/mol. The van der Waals surface area contributed by atoms with Gasteiger partial charge in [-0.1, -0.05) is 48.5 Å². The Kier molecular flexibility index (Phi) is 30.5. The Morgan fingerprint density at radius 1 is 0.566 bits per heavy atom. The van der Waals surface area contributed by atoms with Crippen molar-refractivity contribution in [2.45, 2.75) is 125 Å². The third kappa shape index (κ3) is 25.0. The molecule has 2 bridgehead atoms. The number of hydrogen-bond acceptors (Lipinski definition) is 21. The molecule has 0 saturated carbocycles. The third-order valence-electron chi connectivity index (χ3n) is 18.0. The maximum atomic E-state index is 14.6. The van der Waals surface area contributed by atoms with Crippen LogP contribution in [0.2, 0.25) is 0 Å². The highest BCUT2D eigenvalue weighted by molar-refractivity contribution is 7.98. The minimum Gasteiger partial charge on any atom is -0.480 e. The van der Waals surface area contributed by atoms with Gasteiger partial charge < -0.3 is 72.5 Å². The predicted octanol–water partition coefficient (Wildman–Crippen LogP) is -3.31. The molecule has 12 N–H and O–H groups in total. The van der Waals surface area contributed by atoms with E-state index in [2.05, 4.69) is 31.5 Å². The van der Waals surface area contributed by atoms with E-state index >= 15 is 0 Å². The molecule has 32 nitrogen and oxygen atoms in total. The van der Waals surface area contributed by atoms with Crippen molar-refractivity contribution in [3.8, 4) is 0 Å². The summed E-state index contributed by atoms with van der Waals surface area (Å²) < 4.78 is 0. The molecular weight excluding hydrogens is 1330 g/mol. The van der Waals surface area contributed by atoms with Gasteiger partial charge in [0.25, 0.3) is 0 Å². The van der Waals surface area contributed by atoms with Crippen molar-refractivity contribution in [1.29, 1.82) is 0 Å². The average Bonchev–Trinajstić information content (AvgIpc) is 1.68. The molecule has 0 aliphatic carbocycles. The second kappa shape index (κ2) is 38.6. The number of rotatable bonds is 18. The summed E-state index contributed by atoms with van der Waals surface area (Å²) in [5, 5.41) is 63.5. The van der Waals surface area contributed by atoms with E-state index in [4.69, 9.17) is 5.73 Å². The smallest absolute Gasteiger partial charge is 0.327 e. The summed E-state index contributed by atoms with van der Waals surface area (Å²) in [6.07, 6.45) is -1.32. The highest BCUT2D eigenvalue weighted by Gasteiger charge is 2.45. The van der Waals surface area contributed by atoms with Crippen molar-refractivity contribution in [2.24, 2.45) is 5.73 Å². The molecule has 0 aromatic heterocycles. The molecule has 0 unspecified atom stereocenters. The van der Waals surface area contributed by atoms with Gasteiger partial charge >= 0.3 is 23.9 Å². The molecule has 99 heavy (non-hydrogen) atoms. The molecule has 544 valence electrons. The average molecular weight is 1420 g/mol. The largest absolute Gasteiger partial charge is 0.480 e. The van der Waals surface area contributed by atoms with Crippen molar-refractivity contribution < 1.29 is 87.9 Å². The van der Waals surface area contributed by atoms with Gasteiger partial charge in [0.1, 0.15) is 42.3 Å². The maximum absolute atomic E-state index is 14.6. The number of aliphatic hydroxyl groups is 1. The Labute approximate surface area is 582 Å². The van der Waals surface area contributed by atoms with Crippen molar-refractivity contribution in [3.63, 3.8) is 0 Å². The van der Waals surface area contributed by atoms with Gasteiger partial charge in [-0.25, -0.2) is 4.79 Å². The fraction of sp³-hybridized carbons (Fsp3) is 0.615. The van der Waals surface area contributed by atoms with Crippen molar-refractivity contribution in [3.05, 3.63) is 70.8 Å². The maximum Gasteiger partial charge on any atom is 0.327 e. The van der Waals surface area contributed by atoms with Crippen LogP contribution in [0.4, 0.5) is 0 Å². The molecule has 34 heteroatoms. The molecule has 5 aliphatic rings. The highest BCUT2D eigenvalue weighted by atomic mass is 32.2. The van der Waals surface area contributed by atoms with Crippen LogP contribution in [0, 0.1) is 0 Å². The third-order valence-corrected chi connectivity index (χ3v) is 20.2. The number of aliphatic hydroxyl groups excluding tert-OH is 1. The summed E-state index contributed by atoms with van der Waals surface area (Å²) in [4.78, 5) is 187. The minimum atomic E-state index is -1.71. The molecule has 8 atom stereocenters. The van der Waals surface area contributed by atoms with E-state index in [0.29, 0.717) is 56.9 Å². The number of benzene rings is 2. The molecule has 7 rings (SSSR count). The van der Waals surface area contributed by atoms with Gasteiger partial charge in [-0.15, -0.1) is 0 Å². The van der Waals surface area contributed by atoms with Crippen molar-refractivity contribution >= 4 is 101 Å². The molecule has 2 aromatic rings. The topological polar surface area (TPSA) is 435 Å². The first-order valence-electron chi connectivity index (χ1n) is 33.3. The van der Waals surface area contributed by atoms with Crippen LogP contribution in [0.1, 0.15) is 74.6 Å². The van der Waals surface area contributed by atoms with Crippen LogP contribution in [0.5, 0.6) is 0 Å². The molecule has 9 amide bonds. The first-order valence-corrected chi connectivity index (χ1v) is 35.7. The molecule has 2 aromatic carbocycles. The van der Waals surface area contributed by atoms with Gasteiger partial charge in [0.05, 0.1) is 32.3 Å². The quantitative estimate of drug-likeness (QED) is 0.0696. The number of carboxylic acids is 4. The number of thioether (sulfide) groups is 2. The monoisotopic (exact) mass is 1420 g/mol. The van der Waals surface area contributed by atoms with Gasteiger partial charge in [-0.2, -0.15) is 23.5 Å². The lowest BCUT2D eigenvalue weighted by molar-refractivity contribution is -0.148. The molecular formula is C65H94N14O18S2. The highest BCUT2D eigenvalue weighted by Crippen LogP contribution is 2.28. The number of carboxylic acid groups (broad SMARTS) is 4. The number of piperazine rings is 1. The van der Waals surface area contributed by atoms with Gasteiger partial charge in [0.15, 0.2) is 0 Å². The molecule has 4 saturated heterocycles. The molecule has 0 radical (unpaired) electrons. The first-order chi connectivity index (χ1) is 47.2. The Morgan fingerprint density at radius 3 is 1.58 bits per heavy atom. The number of aliphatic carboxylic acids is 4. The molecule has 0 spiro atoms. The summed E-state index contributed by atoms with van der Waals surface area (Å²) in [5.74, 6) is -10.4. The van der Waals surface area contributed by atoms with E-state index in [1.165, 1.54) is 47.2 Å². The zero-order valence-corrected chi connectivity index (χ0v) is 57.6. The van der Waals surface area contributed by atoms with Gasteiger partial charge in [0.2, 0.25) is 53.2 Å². The number of nitrogens with zero attached hydrogens (tertiary/aromatic N) is 8. The number of carbonyl (C=O) groups excluding carboxylic acids is 9. The number of carbonyl (C=O) groups is 13. The fourth-order valence-electron chi connectivity index (χ4n) is 12.8. The van der Waals surface area contributed by atoms with E-state index in [-0.39, 0.29) is 134 Å². The van der Waals surface area contributed by atoms with Crippen molar-refractivity contribution in [1.82, 2.24) is 65.8 Å². The zero-order chi connectivity index (χ0) is 71.9. The standard InChI is InChI=1S/C65H94N14O18S2/c1-41(80)58-62(93)68-47(12-13-53(66)82)59(90)69-48(31-43-8-4-3-5-9-43)60(91)70-50(65(96)97)40-99-38-46-29-44(28-45(30-46)37-98-39-49(67-42(2)81)63(94)79-15-7-11-52(79)64(95)78-14-6-10-51(78)61(92)71-58)32-72-24-26-77(27-25-72)54(83)33-73-16-18-74(34-55(84)85)20-22-76(36-57(88)89)23-21-75(19-17-73)35-56(86)87/h3-5,8-9,28-30,41,47-52,58,80H,6-7,10-27,31-40H2,1-2H3,(H2,66,82)(H,67,81)(H,68,93)(H,69,90)(H,70,91)(H,71,92)(H,84,85)(H,86,87)(H,88,89)(H,96,97)/t41-,47-,48+,49+,50+,51+,52+,58+/m1/s1. The Bertz CT molecular complexity index is 3170. The summed E-state index contributed by atoms with van der Waals surface area (Å²) in [7, 11) is 0. The van der Waals surface area contributed by atoms with Crippen LogP contribution in [0.25, 0.3) is 0 Å². The Hall–Kier alpha value is -7.99. The number of fused-ring (bicyclic) bond motifs is 4. The van der Waals surface area contributed by atoms with E-state index in [0.717, 1.165) is 16.7 Å². The number of hydrogen-bond donors (Lipinski definition) is 11. The normalized spacial score (nSPS) is 24.8. The Morgan fingerprint density at radius 2 is 1.06 bits per heavy atom. The van der Waals surface area contributed by atoms with Gasteiger partial charge in [-0.3, -0.25) is 82.0 Å². The van der Waals surface area contributed by atoms with Gasteiger partial charge in [-0.05, 0) is 61.3 Å². The SMILES string of the molecule is CC(=O)N[C@H]1CSCc2cc(cc(CN3CCN(C(=O)CN4CCN(CC(=O)O)CCN(CC(=O)O)CCN(CC(=O)O)CC4)CC3)c2)CSC[C@@H](C(=O)O)NC(=O)[C@H](Cc2ccccc2)NC(=O)[C@@H](CCC(N)=O)NC(=O)[C@H]([C@@H](C)O)NC(=O)[C@@H]2CCCN2C(=O)[C@@H]2CCCN2C1=O. The summed E-state index contributed by atoms with van der Waals surface area (Å²) in [6.45, 7) is 5.88. The first kappa shape index (κ1) is 78.3. The lowest BCUT2D eigenvalue weighted by Crippen LogP contribution is -2.61. The zero-order valence-electron chi connectivity index (χ0n) is 56.0. The minimum absolute atomic E-state index is 0.0251. The van der Waals surface area contributed by atoms with Crippen LogP contribution in [0.15, 0.2) is 48.5 Å². The molecule has 5 aliphatic heterocycles. The van der Waals surface area contributed by atoms with Crippen LogP contribution < -0.4 is 32.3 Å². The second-order valence-corrected chi connectivity index (χ2v) is 27.8. The van der Waals surface area contributed by atoms with Crippen LogP contribution in [0.3, 0.4) is 0 Å². The molecule has 5 heterocycles. The van der Waals surface area contributed by atoms with E-state index in [1.807, 2.05) is 23.1 Å². The van der Waals surface area contributed by atoms with E-state index in [9.17, 15) is 87.9 Å². The number of amides is 9. The lowest BCUT2D eigenvalue weighted by Gasteiger charge is -2.37. The molecule has 4 fully saturated rings. The van der Waals surface area contributed by atoms with E-state index in [1.54, 1.807) is 49.9 Å². The fourth-order valence-corrected chi connectivity index (χ4v) is 14.8. The number of nitrogens with two attached hydrogens (primary N) is 1. The van der Waals surface area contributed by atoms with E-state index < -0.39 is 132 Å². The van der Waals surface area contributed by atoms with Crippen molar-refractivity contribution in [2.75, 3.05) is 129 Å². The number of primary amides is 1.